The number of ketones is 1. The summed E-state index contributed by atoms with van der Waals surface area (Å²) in [4.78, 5) is 47.5. The van der Waals surface area contributed by atoms with Crippen molar-refractivity contribution in [3.05, 3.63) is 49.8 Å². The molecule has 4 fully saturated rings. The smallest absolute Gasteiger partial charge is 0.411 e. The molecule has 0 unspecified atom stereocenters. The maximum Gasteiger partial charge on any atom is 0.411 e. The van der Waals surface area contributed by atoms with E-state index in [1.807, 2.05) is 35.8 Å². The third-order valence-electron chi connectivity index (χ3n) is 14.8. The van der Waals surface area contributed by atoms with Crippen LogP contribution in [0.15, 0.2) is 35.1 Å². The molecular formula is C55H74IN3O21S4. The number of aliphatic hydroxyl groups excluding tert-OH is 4. The highest BCUT2D eigenvalue weighted by molar-refractivity contribution is 14.1. The zero-order valence-electron chi connectivity index (χ0n) is 48.1. The lowest BCUT2D eigenvalue weighted by molar-refractivity contribution is -0.336. The van der Waals surface area contributed by atoms with Crippen molar-refractivity contribution in [2.24, 2.45) is 0 Å². The number of likely N-dealkylation sites (N-methyl/N-ethyl adjacent to an activating group) is 1. The highest BCUT2D eigenvalue weighted by Crippen LogP contribution is 2.49. The Hall–Kier alpha value is -2.94. The SMILES string of the molecule is CCN[C@H]1CO[C@@H](O[C@H]2[C@H](O[C@H]3C#C/C=C/C#C[C@]4(O)CC(=O)C(NC(=O)OC)=C3/C4=C\CSSSC)O[C@H](C)[C@@H](NO[C@H]3C[C@H](O)[C@H](SC(=O)c4c(C)c(I)c(O[C@@H]5O[C@@H](C)[C@H](O)[C@@H](OC)[C@H]5O)c(OC)c4OC)[C@@H](C)O3)[C@@H]2O)C[C@@H]1OC. The van der Waals surface area contributed by atoms with E-state index in [0.29, 0.717) is 21.4 Å². The number of carbonyl (C=O) groups excluding carboxylic acids is 3. The number of carbonyl (C=O) groups is 3. The van der Waals surface area contributed by atoms with Gasteiger partial charge in [0.15, 0.2) is 41.8 Å². The van der Waals surface area contributed by atoms with Crippen LogP contribution in [0, 0.1) is 34.2 Å². The molecule has 0 spiro atoms. The normalized spacial score (nSPS) is 35.9. The number of aliphatic hydroxyl groups is 5. The predicted octanol–water partition coefficient (Wildman–Crippen LogP) is 3.20. The molecule has 7 rings (SSSR count). The molecule has 466 valence electrons. The zero-order valence-corrected chi connectivity index (χ0v) is 53.6. The summed E-state index contributed by atoms with van der Waals surface area (Å²) in [6.45, 7) is 9.41. The molecule has 2 aliphatic carbocycles. The van der Waals surface area contributed by atoms with Gasteiger partial charge in [0.05, 0.1) is 97.0 Å². The first-order valence-electron chi connectivity index (χ1n) is 26.9. The number of hydrogen-bond acceptors (Lipinski definition) is 27. The van der Waals surface area contributed by atoms with Gasteiger partial charge >= 0.3 is 6.09 Å². The summed E-state index contributed by atoms with van der Waals surface area (Å²) >= 11 is 2.83. The van der Waals surface area contributed by atoms with Gasteiger partial charge < -0.3 is 87.7 Å². The molecule has 1 aromatic rings. The number of hydrogen-bond donors (Lipinski definition) is 8. The number of thioether (sulfide) groups is 1. The summed E-state index contributed by atoms with van der Waals surface area (Å²) in [5.41, 5.74) is 1.30. The minimum atomic E-state index is -2.05. The van der Waals surface area contributed by atoms with Crippen molar-refractivity contribution in [3.63, 3.8) is 0 Å². The number of alkyl carbamates (subject to hydrolysis) is 1. The number of rotatable bonds is 22. The summed E-state index contributed by atoms with van der Waals surface area (Å²) < 4.78 is 72.5. The van der Waals surface area contributed by atoms with Crippen LogP contribution in [0.3, 0.4) is 0 Å². The van der Waals surface area contributed by atoms with Crippen molar-refractivity contribution in [3.8, 4) is 40.9 Å². The Labute approximate surface area is 517 Å². The second kappa shape index (κ2) is 31.5. The van der Waals surface area contributed by atoms with E-state index in [-0.39, 0.29) is 71.2 Å². The van der Waals surface area contributed by atoms with E-state index >= 15 is 0 Å². The summed E-state index contributed by atoms with van der Waals surface area (Å²) in [6, 6.07) is -1.27. The number of nitrogens with one attached hydrogen (secondary N) is 3. The first-order valence-corrected chi connectivity index (χ1v) is 32.9. The van der Waals surface area contributed by atoms with Gasteiger partial charge in [0.2, 0.25) is 17.2 Å². The molecule has 6 aliphatic rings. The van der Waals surface area contributed by atoms with Gasteiger partial charge in [-0.1, -0.05) is 70.0 Å². The summed E-state index contributed by atoms with van der Waals surface area (Å²) in [6.07, 6.45) is -11.9. The fourth-order valence-corrected chi connectivity index (χ4v) is 14.7. The monoisotopic (exact) mass is 1370 g/mol. The van der Waals surface area contributed by atoms with E-state index in [9.17, 15) is 39.9 Å². The fourth-order valence-electron chi connectivity index (χ4n) is 10.5. The third-order valence-corrected chi connectivity index (χ3v) is 21.2. The maximum absolute atomic E-state index is 14.4. The van der Waals surface area contributed by atoms with Crippen molar-refractivity contribution in [2.75, 3.05) is 60.7 Å². The third kappa shape index (κ3) is 15.7. The summed E-state index contributed by atoms with van der Waals surface area (Å²) in [5.74, 6) is 11.3. The van der Waals surface area contributed by atoms with Gasteiger partial charge in [-0.25, -0.2) is 4.79 Å². The molecule has 29 heteroatoms. The Balaban J connectivity index is 1.12. The highest BCUT2D eigenvalue weighted by Gasteiger charge is 2.52. The van der Waals surface area contributed by atoms with Gasteiger partial charge in [-0.2, -0.15) is 5.48 Å². The number of allylic oxidation sites excluding steroid dienone is 3. The second-order valence-electron chi connectivity index (χ2n) is 20.1. The molecule has 1 amide bonds. The molecule has 0 saturated carbocycles. The lowest BCUT2D eigenvalue weighted by Gasteiger charge is -2.46. The van der Waals surface area contributed by atoms with Crippen LogP contribution in [-0.2, 0) is 52.3 Å². The number of Topliss-reactive ketones (excluding diaryl/α,β-unsaturated/α-hetero) is 1. The average molecular weight is 1370 g/mol. The van der Waals surface area contributed by atoms with Gasteiger partial charge in [-0.15, -0.1) is 0 Å². The largest absolute Gasteiger partial charge is 0.492 e. The van der Waals surface area contributed by atoms with Crippen LogP contribution in [-0.4, -0.2) is 218 Å². The molecular weight excluding hydrogens is 1290 g/mol. The number of hydroxylamine groups is 1. The average Bonchev–Trinajstić information content (AvgIpc) is 1.36. The molecule has 2 bridgehead atoms. The molecule has 1 aromatic carbocycles. The van der Waals surface area contributed by atoms with Crippen LogP contribution in [0.1, 0.15) is 62.9 Å². The van der Waals surface area contributed by atoms with Gasteiger partial charge in [-0.05, 0) is 90.6 Å². The Morgan fingerprint density at radius 3 is 2.27 bits per heavy atom. The first kappa shape index (κ1) is 68.5. The minimum absolute atomic E-state index is 0.0155. The summed E-state index contributed by atoms with van der Waals surface area (Å²) in [5, 5.41) is 62.7. The van der Waals surface area contributed by atoms with Crippen molar-refractivity contribution in [1.29, 1.82) is 0 Å². The molecule has 0 radical (unpaired) electrons. The standard InChI is InChI=1S/C55H74IN3O21S4/c1-12-57-30-24-73-35(22-34(30)68-6)78-48-43(63)40(26(3)75-53(48)77-33-17-15-13-14-16-19-55(67)23-32(61)41(58-54(66)72-10)38(33)29(55)18-20-82-84-81-11)59-80-36-21-31(60)50(28(5)74-36)83-51(65)37-25(2)39(56)46(49(71-9)45(37)69-7)79-52-44(64)47(70-8)42(62)27(4)76-52/h13-14,18,26-28,30-31,33-36,40,42-44,47-48,50,52-53,57,59-60,62-64,67H,12,20-24H2,1-11H3,(H,58,66)/b14-13+,29-18+/t26-,27+,28-,30+,31+,33+,34+,35+,36+,40-,42+,43+,44-,47-,48-,50-,52+,53+,55+/m1/s1. The predicted molar refractivity (Wildman–Crippen MR) is 320 cm³/mol. The van der Waals surface area contributed by atoms with Crippen LogP contribution in [0.4, 0.5) is 4.79 Å². The summed E-state index contributed by atoms with van der Waals surface area (Å²) in [7, 11) is 11.3. The van der Waals surface area contributed by atoms with E-state index in [0.717, 1.165) is 18.9 Å². The lowest BCUT2D eigenvalue weighted by Crippen LogP contribution is -2.65. The van der Waals surface area contributed by atoms with Crippen LogP contribution in [0.25, 0.3) is 0 Å². The number of fused-ring (bicyclic) bond motifs is 2. The molecule has 4 saturated heterocycles. The van der Waals surface area contributed by atoms with Crippen LogP contribution in [0.2, 0.25) is 0 Å². The van der Waals surface area contributed by atoms with Crippen molar-refractivity contribution in [2.45, 2.75) is 169 Å². The van der Waals surface area contributed by atoms with Crippen molar-refractivity contribution in [1.82, 2.24) is 16.1 Å². The number of halogens is 1. The molecule has 19 atom stereocenters. The van der Waals surface area contributed by atoms with Crippen molar-refractivity contribution >= 4 is 82.8 Å². The van der Waals surface area contributed by atoms with Gasteiger partial charge in [0.25, 0.3) is 0 Å². The molecule has 0 aromatic heterocycles. The van der Waals surface area contributed by atoms with Crippen LogP contribution < -0.4 is 30.3 Å². The lowest BCUT2D eigenvalue weighted by atomic mass is 9.75. The first-order chi connectivity index (χ1) is 40.2. The zero-order chi connectivity index (χ0) is 61.2. The number of ether oxygens (including phenoxy) is 12. The Morgan fingerprint density at radius 1 is 0.881 bits per heavy atom. The fraction of sp³-hybridized carbons (Fsp3) is 0.655. The maximum atomic E-state index is 14.4. The van der Waals surface area contributed by atoms with E-state index in [4.69, 9.17) is 61.7 Å². The van der Waals surface area contributed by atoms with E-state index in [1.165, 1.54) is 64.9 Å². The second-order valence-corrected chi connectivity index (χ2v) is 26.7. The van der Waals surface area contributed by atoms with Crippen LogP contribution >= 0.6 is 65.8 Å². The topological polar surface area (TPSA) is 308 Å². The Bertz CT molecular complexity index is 2710. The molecule has 4 heterocycles. The number of amides is 1. The van der Waals surface area contributed by atoms with E-state index in [2.05, 4.69) is 39.8 Å². The van der Waals surface area contributed by atoms with Gasteiger partial charge in [-0.3, -0.25) is 19.7 Å². The van der Waals surface area contributed by atoms with Gasteiger partial charge in [0, 0.05) is 44.0 Å². The molecule has 84 heavy (non-hydrogen) atoms. The van der Waals surface area contributed by atoms with E-state index < -0.39 is 127 Å². The Kier molecular flexibility index (Phi) is 25.7. The molecule has 4 aliphatic heterocycles. The number of methoxy groups -OCH3 is 5. The van der Waals surface area contributed by atoms with Gasteiger partial charge in [0.1, 0.15) is 36.6 Å². The highest BCUT2D eigenvalue weighted by atomic mass is 127. The van der Waals surface area contributed by atoms with Crippen molar-refractivity contribution < 1.29 is 102 Å². The minimum Gasteiger partial charge on any atom is -0.492 e. The molecule has 8 N–H and O–H groups in total. The van der Waals surface area contributed by atoms with E-state index in [1.54, 1.807) is 40.9 Å². The Morgan fingerprint density at radius 2 is 1.61 bits per heavy atom. The quantitative estimate of drug-likeness (QED) is 0.0272. The van der Waals surface area contributed by atoms with Crippen LogP contribution in [0.5, 0.6) is 17.2 Å². The number of benzene rings is 1. The molecule has 24 nitrogen and oxygen atoms in total.